The topological polar surface area (TPSA) is 51.8 Å². The van der Waals surface area contributed by atoms with Crippen molar-refractivity contribution in [3.05, 3.63) is 30.0 Å². The number of benzene rings is 1. The lowest BCUT2D eigenvalue weighted by molar-refractivity contribution is 1.22. The number of nitrogens with zero attached hydrogens (tertiary/aromatic N) is 2. The number of hydrogen-bond donors (Lipinski definition) is 1. The van der Waals surface area contributed by atoms with Gasteiger partial charge in [-0.25, -0.2) is 9.97 Å². The molecule has 0 saturated carbocycles. The van der Waals surface area contributed by atoms with Gasteiger partial charge in [0.1, 0.15) is 13.8 Å². The quantitative estimate of drug-likeness (QED) is 0.569. The molecule has 0 aliphatic carbocycles. The summed E-state index contributed by atoms with van der Waals surface area (Å²) in [5, 5.41) is 0.965. The van der Waals surface area contributed by atoms with Crippen molar-refractivity contribution in [1.29, 1.82) is 0 Å². The maximum Gasteiger partial charge on any atom is 0.221 e. The van der Waals surface area contributed by atoms with Gasteiger partial charge < -0.3 is 5.73 Å². The molecular formula is C13H15N3Si. The van der Waals surface area contributed by atoms with Crippen LogP contribution in [0.1, 0.15) is 5.69 Å². The van der Waals surface area contributed by atoms with Crippen LogP contribution in [0.4, 0.5) is 5.95 Å². The molecule has 0 radical (unpaired) electrons. The summed E-state index contributed by atoms with van der Waals surface area (Å²) < 4.78 is 0. The van der Waals surface area contributed by atoms with Gasteiger partial charge in [-0.15, -0.1) is 5.54 Å². The van der Waals surface area contributed by atoms with E-state index in [0.717, 1.165) is 16.6 Å². The fourth-order valence-corrected chi connectivity index (χ4v) is 1.93. The number of nitrogen functional groups attached to an aromatic ring is 1. The molecule has 2 rings (SSSR count). The van der Waals surface area contributed by atoms with Gasteiger partial charge in [0.15, 0.2) is 0 Å². The molecule has 0 saturated heterocycles. The Kier molecular flexibility index (Phi) is 2.86. The zero-order valence-corrected chi connectivity index (χ0v) is 11.3. The summed E-state index contributed by atoms with van der Waals surface area (Å²) >= 11 is 0. The van der Waals surface area contributed by atoms with Crippen molar-refractivity contribution in [3.63, 3.8) is 0 Å². The molecule has 2 aromatic rings. The van der Waals surface area contributed by atoms with Crippen molar-refractivity contribution in [2.45, 2.75) is 19.6 Å². The Labute approximate surface area is 102 Å². The Morgan fingerprint density at radius 3 is 2.53 bits per heavy atom. The highest BCUT2D eigenvalue weighted by atomic mass is 28.3. The molecular weight excluding hydrogens is 226 g/mol. The summed E-state index contributed by atoms with van der Waals surface area (Å²) in [6.07, 6.45) is 0. The van der Waals surface area contributed by atoms with Crippen LogP contribution in [0.2, 0.25) is 19.6 Å². The molecule has 0 spiro atoms. The lowest BCUT2D eigenvalue weighted by Gasteiger charge is -2.04. The molecule has 86 valence electrons. The molecule has 0 amide bonds. The molecule has 0 aliphatic heterocycles. The van der Waals surface area contributed by atoms with E-state index in [-0.39, 0.29) is 5.95 Å². The van der Waals surface area contributed by atoms with Gasteiger partial charge in [-0.05, 0) is 12.1 Å². The van der Waals surface area contributed by atoms with Gasteiger partial charge in [0.2, 0.25) is 5.95 Å². The third-order valence-corrected chi connectivity index (χ3v) is 3.05. The Bertz CT molecular complexity index is 618. The SMILES string of the molecule is C[Si](C)(C)C#Cc1nc(N)nc2ccccc12. The van der Waals surface area contributed by atoms with E-state index in [1.807, 2.05) is 24.3 Å². The van der Waals surface area contributed by atoms with Gasteiger partial charge in [0, 0.05) is 5.39 Å². The molecule has 0 bridgehead atoms. The summed E-state index contributed by atoms with van der Waals surface area (Å²) in [4.78, 5) is 8.41. The van der Waals surface area contributed by atoms with Crippen molar-refractivity contribution in [3.8, 4) is 11.5 Å². The van der Waals surface area contributed by atoms with Gasteiger partial charge in [0.25, 0.3) is 0 Å². The highest BCUT2D eigenvalue weighted by Gasteiger charge is 2.09. The van der Waals surface area contributed by atoms with E-state index < -0.39 is 8.07 Å². The summed E-state index contributed by atoms with van der Waals surface area (Å²) in [5.41, 5.74) is 10.6. The van der Waals surface area contributed by atoms with Gasteiger partial charge in [-0.3, -0.25) is 0 Å². The maximum absolute atomic E-state index is 5.69. The Morgan fingerprint density at radius 2 is 1.82 bits per heavy atom. The normalized spacial score (nSPS) is 11.0. The molecule has 4 heteroatoms. The zero-order valence-electron chi connectivity index (χ0n) is 10.3. The molecule has 17 heavy (non-hydrogen) atoms. The third kappa shape index (κ3) is 2.83. The smallest absolute Gasteiger partial charge is 0.221 e. The number of hydrogen-bond acceptors (Lipinski definition) is 3. The van der Waals surface area contributed by atoms with E-state index in [2.05, 4.69) is 41.1 Å². The van der Waals surface area contributed by atoms with Crippen LogP contribution in [-0.2, 0) is 0 Å². The lowest BCUT2D eigenvalue weighted by Crippen LogP contribution is -2.16. The number of aromatic nitrogens is 2. The van der Waals surface area contributed by atoms with Crippen LogP contribution in [0.5, 0.6) is 0 Å². The first-order chi connectivity index (χ1) is 7.96. The van der Waals surface area contributed by atoms with Crippen LogP contribution in [0, 0.1) is 11.5 Å². The predicted octanol–water partition coefficient (Wildman–Crippen LogP) is 2.44. The maximum atomic E-state index is 5.69. The van der Waals surface area contributed by atoms with Crippen LogP contribution in [0.25, 0.3) is 10.9 Å². The summed E-state index contributed by atoms with van der Waals surface area (Å²) in [5.74, 6) is 3.43. The lowest BCUT2D eigenvalue weighted by atomic mass is 10.2. The third-order valence-electron chi connectivity index (χ3n) is 2.18. The first kappa shape index (κ1) is 11.6. The highest BCUT2D eigenvalue weighted by molar-refractivity contribution is 6.83. The molecule has 2 N–H and O–H groups in total. The van der Waals surface area contributed by atoms with Gasteiger partial charge in [-0.2, -0.15) is 0 Å². The number of para-hydroxylation sites is 1. The molecule has 0 aliphatic rings. The number of anilines is 1. The molecule has 0 fully saturated rings. The van der Waals surface area contributed by atoms with Gasteiger partial charge >= 0.3 is 0 Å². The first-order valence-corrected chi connectivity index (χ1v) is 9.01. The molecule has 0 atom stereocenters. The second kappa shape index (κ2) is 4.19. The molecule has 1 aromatic carbocycles. The minimum absolute atomic E-state index is 0.281. The second-order valence-corrected chi connectivity index (χ2v) is 9.70. The fourth-order valence-electron chi connectivity index (χ4n) is 1.44. The van der Waals surface area contributed by atoms with E-state index in [9.17, 15) is 0 Å². The van der Waals surface area contributed by atoms with Gasteiger partial charge in [0.05, 0.1) is 5.52 Å². The summed E-state index contributed by atoms with van der Waals surface area (Å²) in [6, 6.07) is 7.79. The number of rotatable bonds is 0. The van der Waals surface area contributed by atoms with Gasteiger partial charge in [-0.1, -0.05) is 37.7 Å². The largest absolute Gasteiger partial charge is 0.368 e. The summed E-state index contributed by atoms with van der Waals surface area (Å²) in [6.45, 7) is 6.60. The van der Waals surface area contributed by atoms with E-state index >= 15 is 0 Å². The molecule has 3 nitrogen and oxygen atoms in total. The molecule has 1 heterocycles. The second-order valence-electron chi connectivity index (χ2n) is 4.95. The van der Waals surface area contributed by atoms with Crippen molar-refractivity contribution in [2.75, 3.05) is 5.73 Å². The van der Waals surface area contributed by atoms with E-state index in [4.69, 9.17) is 5.73 Å². The van der Waals surface area contributed by atoms with Crippen LogP contribution < -0.4 is 5.73 Å². The van der Waals surface area contributed by atoms with E-state index in [0.29, 0.717) is 0 Å². The Balaban J connectivity index is 2.63. The van der Waals surface area contributed by atoms with Crippen molar-refractivity contribution >= 4 is 24.9 Å². The number of fused-ring (bicyclic) bond motifs is 1. The molecule has 0 unspecified atom stereocenters. The minimum Gasteiger partial charge on any atom is -0.368 e. The average Bonchev–Trinajstić information content (AvgIpc) is 2.24. The van der Waals surface area contributed by atoms with Crippen molar-refractivity contribution < 1.29 is 0 Å². The standard InChI is InChI=1S/C13H15N3Si/c1-17(2,3)9-8-12-10-6-4-5-7-11(10)15-13(14)16-12/h4-7H,1-3H3,(H2,14,15,16). The van der Waals surface area contributed by atoms with E-state index in [1.165, 1.54) is 0 Å². The van der Waals surface area contributed by atoms with Crippen LogP contribution >= 0.6 is 0 Å². The predicted molar refractivity (Wildman–Crippen MR) is 74.2 cm³/mol. The Morgan fingerprint density at radius 1 is 1.12 bits per heavy atom. The number of nitrogens with two attached hydrogens (primary N) is 1. The summed E-state index contributed by atoms with van der Waals surface area (Å²) in [7, 11) is -1.41. The first-order valence-electron chi connectivity index (χ1n) is 5.51. The fraction of sp³-hybridized carbons (Fsp3) is 0.231. The highest BCUT2D eigenvalue weighted by Crippen LogP contribution is 2.15. The van der Waals surface area contributed by atoms with Crippen LogP contribution in [0.15, 0.2) is 24.3 Å². The van der Waals surface area contributed by atoms with Crippen LogP contribution in [-0.4, -0.2) is 18.0 Å². The van der Waals surface area contributed by atoms with Crippen molar-refractivity contribution in [2.24, 2.45) is 0 Å². The van der Waals surface area contributed by atoms with Crippen LogP contribution in [0.3, 0.4) is 0 Å². The van der Waals surface area contributed by atoms with Crippen molar-refractivity contribution in [1.82, 2.24) is 9.97 Å². The monoisotopic (exact) mass is 241 g/mol. The minimum atomic E-state index is -1.41. The average molecular weight is 241 g/mol. The Hall–Kier alpha value is -1.86. The molecule has 1 aromatic heterocycles. The zero-order chi connectivity index (χ0) is 12.5. The van der Waals surface area contributed by atoms with E-state index in [1.54, 1.807) is 0 Å².